The Balaban J connectivity index is 1.76. The maximum atomic E-state index is 14.5. The topological polar surface area (TPSA) is 67.2 Å². The van der Waals surface area contributed by atoms with E-state index in [2.05, 4.69) is 10.3 Å². The van der Waals surface area contributed by atoms with Gasteiger partial charge in [0.25, 0.3) is 5.91 Å². The third-order valence-electron chi connectivity index (χ3n) is 5.27. The quantitative estimate of drug-likeness (QED) is 0.639. The van der Waals surface area contributed by atoms with Crippen molar-refractivity contribution in [3.05, 3.63) is 71.0 Å². The van der Waals surface area contributed by atoms with Gasteiger partial charge < -0.3 is 10.4 Å². The Morgan fingerprint density at radius 2 is 1.93 bits per heavy atom. The van der Waals surface area contributed by atoms with Crippen LogP contribution in [-0.4, -0.2) is 32.7 Å². The molecule has 1 saturated carbocycles. The Bertz CT molecular complexity index is 1090. The molecule has 4 rings (SSSR count). The third-order valence-corrected chi connectivity index (χ3v) is 5.60. The lowest BCUT2D eigenvalue weighted by Crippen LogP contribution is -2.45. The van der Waals surface area contributed by atoms with Gasteiger partial charge in [-0.05, 0) is 37.1 Å². The summed E-state index contributed by atoms with van der Waals surface area (Å²) < 4.78 is 29.3. The first-order valence-electron chi connectivity index (χ1n) is 9.72. The number of aliphatic hydroxyl groups is 1. The van der Waals surface area contributed by atoms with Gasteiger partial charge in [0.2, 0.25) is 0 Å². The number of aliphatic hydroxyl groups excluding tert-OH is 1. The molecule has 0 bridgehead atoms. The van der Waals surface area contributed by atoms with Crippen LogP contribution in [0.4, 0.5) is 8.78 Å². The first-order chi connectivity index (χ1) is 14.4. The largest absolute Gasteiger partial charge is 0.391 e. The number of carbonyl (C=O) groups is 1. The van der Waals surface area contributed by atoms with Gasteiger partial charge in [-0.25, -0.2) is 13.8 Å². The van der Waals surface area contributed by atoms with E-state index in [1.807, 2.05) is 0 Å². The molecular weight excluding hydrogens is 412 g/mol. The van der Waals surface area contributed by atoms with E-state index < -0.39 is 23.6 Å². The maximum absolute atomic E-state index is 14.5. The number of aromatic nitrogens is 2. The second-order valence-corrected chi connectivity index (χ2v) is 7.73. The highest BCUT2D eigenvalue weighted by Crippen LogP contribution is 2.30. The molecule has 1 aliphatic carbocycles. The lowest BCUT2D eigenvalue weighted by molar-refractivity contribution is 0.0714. The van der Waals surface area contributed by atoms with Gasteiger partial charge in [0.15, 0.2) is 0 Å². The molecule has 0 saturated heterocycles. The second kappa shape index (κ2) is 8.53. The molecule has 2 N–H and O–H groups in total. The van der Waals surface area contributed by atoms with Gasteiger partial charge in [0.1, 0.15) is 23.2 Å². The number of nitrogens with one attached hydrogen (secondary N) is 1. The fourth-order valence-corrected chi connectivity index (χ4v) is 3.92. The summed E-state index contributed by atoms with van der Waals surface area (Å²) in [7, 11) is 0. The maximum Gasteiger partial charge on any atom is 0.271 e. The number of rotatable bonds is 4. The molecule has 2 aromatic carbocycles. The van der Waals surface area contributed by atoms with Crippen molar-refractivity contribution < 1.29 is 18.7 Å². The highest BCUT2D eigenvalue weighted by atomic mass is 35.5. The van der Waals surface area contributed by atoms with Crippen molar-refractivity contribution in [2.45, 2.75) is 37.8 Å². The molecule has 1 fully saturated rings. The summed E-state index contributed by atoms with van der Waals surface area (Å²) in [5.41, 5.74) is 0.585. The van der Waals surface area contributed by atoms with Gasteiger partial charge in [0, 0.05) is 17.8 Å². The Hall–Kier alpha value is -2.77. The molecule has 156 valence electrons. The molecule has 2 atom stereocenters. The van der Waals surface area contributed by atoms with Crippen LogP contribution in [0, 0.1) is 11.6 Å². The fraction of sp³-hybridized carbons (Fsp3) is 0.273. The van der Waals surface area contributed by atoms with Crippen molar-refractivity contribution in [2.75, 3.05) is 0 Å². The lowest BCUT2D eigenvalue weighted by atomic mass is 9.92. The van der Waals surface area contributed by atoms with Crippen molar-refractivity contribution in [2.24, 2.45) is 0 Å². The predicted molar refractivity (Wildman–Crippen MR) is 110 cm³/mol. The molecule has 1 amide bonds. The Kier molecular flexibility index (Phi) is 5.83. The number of amides is 1. The van der Waals surface area contributed by atoms with Crippen LogP contribution >= 0.6 is 11.6 Å². The number of carbonyl (C=O) groups excluding carboxylic acids is 1. The standard InChI is InChI=1S/C22H20ClF2N3O2/c23-15-6-2-1-5-14(15)21-26-18(22(30)27-17-7-3-4-8-20(17)29)12-28(21)19-10-9-13(24)11-16(19)25/h1-2,5-6,9-12,17,20,29H,3-4,7-8H2,(H,27,30)/t17-,20-/m0/s1. The highest BCUT2D eigenvalue weighted by Gasteiger charge is 2.27. The van der Waals surface area contributed by atoms with Crippen LogP contribution in [0.25, 0.3) is 17.1 Å². The summed E-state index contributed by atoms with van der Waals surface area (Å²) in [5.74, 6) is -1.73. The number of halogens is 3. The highest BCUT2D eigenvalue weighted by molar-refractivity contribution is 6.33. The van der Waals surface area contributed by atoms with Gasteiger partial charge in [-0.1, -0.05) is 36.6 Å². The first kappa shape index (κ1) is 20.5. The van der Waals surface area contributed by atoms with Crippen LogP contribution in [0.1, 0.15) is 36.2 Å². The molecule has 0 unspecified atom stereocenters. The van der Waals surface area contributed by atoms with Crippen LogP contribution < -0.4 is 5.32 Å². The van der Waals surface area contributed by atoms with Crippen LogP contribution in [0.2, 0.25) is 5.02 Å². The monoisotopic (exact) mass is 431 g/mol. The van der Waals surface area contributed by atoms with Crippen molar-refractivity contribution in [3.8, 4) is 17.1 Å². The van der Waals surface area contributed by atoms with E-state index in [1.54, 1.807) is 24.3 Å². The molecule has 5 nitrogen and oxygen atoms in total. The smallest absolute Gasteiger partial charge is 0.271 e. The van der Waals surface area contributed by atoms with E-state index in [0.717, 1.165) is 25.0 Å². The Morgan fingerprint density at radius 1 is 1.17 bits per heavy atom. The number of benzene rings is 2. The van der Waals surface area contributed by atoms with Crippen LogP contribution in [0.15, 0.2) is 48.7 Å². The molecule has 3 aromatic rings. The zero-order chi connectivity index (χ0) is 21.3. The van der Waals surface area contributed by atoms with E-state index in [9.17, 15) is 18.7 Å². The van der Waals surface area contributed by atoms with Gasteiger partial charge in [0.05, 0.1) is 22.9 Å². The lowest BCUT2D eigenvalue weighted by Gasteiger charge is -2.27. The SMILES string of the molecule is O=C(N[C@H]1CCCC[C@@H]1O)c1cn(-c2ccc(F)cc2F)c(-c2ccccc2Cl)n1. The summed E-state index contributed by atoms with van der Waals surface area (Å²) in [4.78, 5) is 17.2. The fourth-order valence-electron chi connectivity index (χ4n) is 3.70. The first-order valence-corrected chi connectivity index (χ1v) is 10.1. The third kappa shape index (κ3) is 4.08. The van der Waals surface area contributed by atoms with Gasteiger partial charge in [-0.15, -0.1) is 0 Å². The van der Waals surface area contributed by atoms with E-state index in [1.165, 1.54) is 16.8 Å². The minimum absolute atomic E-state index is 0.0376. The average molecular weight is 432 g/mol. The van der Waals surface area contributed by atoms with Crippen molar-refractivity contribution in [3.63, 3.8) is 0 Å². The van der Waals surface area contributed by atoms with E-state index in [0.29, 0.717) is 23.4 Å². The van der Waals surface area contributed by atoms with Crippen LogP contribution in [-0.2, 0) is 0 Å². The van der Waals surface area contributed by atoms with Crippen molar-refractivity contribution >= 4 is 17.5 Å². The summed E-state index contributed by atoms with van der Waals surface area (Å²) in [6.07, 6.45) is 3.93. The van der Waals surface area contributed by atoms with E-state index in [4.69, 9.17) is 11.6 Å². The molecule has 0 radical (unpaired) electrons. The molecule has 0 aliphatic heterocycles. The molecular formula is C22H20ClF2N3O2. The molecule has 0 spiro atoms. The summed E-state index contributed by atoms with van der Waals surface area (Å²) in [6.45, 7) is 0. The van der Waals surface area contributed by atoms with Gasteiger partial charge in [-0.2, -0.15) is 0 Å². The van der Waals surface area contributed by atoms with Crippen LogP contribution in [0.3, 0.4) is 0 Å². The number of nitrogens with zero attached hydrogens (tertiary/aromatic N) is 2. The minimum Gasteiger partial charge on any atom is -0.391 e. The molecule has 8 heteroatoms. The van der Waals surface area contributed by atoms with Gasteiger partial charge >= 0.3 is 0 Å². The summed E-state index contributed by atoms with van der Waals surface area (Å²) in [6, 6.07) is 9.68. The molecule has 1 aliphatic rings. The minimum atomic E-state index is -0.796. The number of imidazole rings is 1. The molecule has 1 heterocycles. The predicted octanol–water partition coefficient (Wildman–Crippen LogP) is 4.50. The Morgan fingerprint density at radius 3 is 2.67 bits per heavy atom. The van der Waals surface area contributed by atoms with E-state index >= 15 is 0 Å². The zero-order valence-corrected chi connectivity index (χ0v) is 16.7. The average Bonchev–Trinajstić information content (AvgIpc) is 3.15. The number of hydrogen-bond donors (Lipinski definition) is 2. The Labute approximate surface area is 177 Å². The van der Waals surface area contributed by atoms with E-state index in [-0.39, 0.29) is 23.2 Å². The zero-order valence-electron chi connectivity index (χ0n) is 16.0. The van der Waals surface area contributed by atoms with Crippen molar-refractivity contribution in [1.82, 2.24) is 14.9 Å². The summed E-state index contributed by atoms with van der Waals surface area (Å²) >= 11 is 6.31. The van der Waals surface area contributed by atoms with Gasteiger partial charge in [-0.3, -0.25) is 9.36 Å². The van der Waals surface area contributed by atoms with Crippen LogP contribution in [0.5, 0.6) is 0 Å². The van der Waals surface area contributed by atoms with Crippen molar-refractivity contribution in [1.29, 1.82) is 0 Å². The second-order valence-electron chi connectivity index (χ2n) is 7.33. The normalized spacial score (nSPS) is 18.9. The number of hydrogen-bond acceptors (Lipinski definition) is 3. The molecule has 1 aromatic heterocycles. The molecule has 30 heavy (non-hydrogen) atoms. The summed E-state index contributed by atoms with van der Waals surface area (Å²) in [5, 5.41) is 13.3.